The zero-order chi connectivity index (χ0) is 33.7. The molecule has 2 aromatic carbocycles. The molecule has 1 saturated heterocycles. The Bertz CT molecular complexity index is 2060. The predicted octanol–water partition coefficient (Wildman–Crippen LogP) is 5.62. The monoisotopic (exact) mass is 661 g/mol. The molecule has 2 bridgehead atoms. The standard InChI is InChI=1S/C35H35F4N7O2/c1-19-26-10-9-21-14-30(46(31(21)42-26)18-35(38,39)12-5-7-20-6-3-4-8-22(20)33(47)41-19)32-43-27-15-23(25(37)16-29(27)45(32)2)34(48)44-28-17-40-13-11-24(28)36/h3-4,6,8-10,14-16,19,24,28,40H,5,7,11-13,17-18H2,1-2H3,(H,41,47)(H,44,48)/t19-,24+,28+/m1/s1. The minimum atomic E-state index is -3.14. The second-order valence-corrected chi connectivity index (χ2v) is 12.7. The number of amides is 2. The molecular weight excluding hydrogens is 626 g/mol. The van der Waals surface area contributed by atoms with Crippen molar-refractivity contribution in [3.63, 3.8) is 0 Å². The number of fused-ring (bicyclic) bond motifs is 3. The summed E-state index contributed by atoms with van der Waals surface area (Å²) < 4.78 is 64.4. The van der Waals surface area contributed by atoms with E-state index in [1.165, 1.54) is 16.7 Å². The second kappa shape index (κ2) is 12.3. The van der Waals surface area contributed by atoms with Gasteiger partial charge in [-0.25, -0.2) is 27.5 Å². The van der Waals surface area contributed by atoms with E-state index in [2.05, 4.69) is 20.9 Å². The summed E-state index contributed by atoms with van der Waals surface area (Å²) in [5.41, 5.74) is 2.59. The molecule has 5 aromatic rings. The van der Waals surface area contributed by atoms with E-state index in [0.29, 0.717) is 52.0 Å². The molecule has 3 atom stereocenters. The number of piperidine rings is 1. The van der Waals surface area contributed by atoms with Gasteiger partial charge in [0.2, 0.25) is 0 Å². The molecule has 2 amide bonds. The average Bonchev–Trinajstić information content (AvgIpc) is 3.56. The van der Waals surface area contributed by atoms with E-state index in [9.17, 15) is 14.0 Å². The van der Waals surface area contributed by atoms with E-state index < -0.39 is 48.9 Å². The molecule has 2 aliphatic rings. The SMILES string of the molecule is C[C@H]1NC(=O)c2ccccc2CCCC(F)(F)Cn2c(-c3nc4cc(C(=O)N[C@H]5CNCC[C@@H]5F)c(F)cc4n3C)cc3ccc1nc32. The first-order valence-electron chi connectivity index (χ1n) is 16.1. The summed E-state index contributed by atoms with van der Waals surface area (Å²) in [6.07, 6.45) is -0.992. The van der Waals surface area contributed by atoms with Crippen LogP contribution < -0.4 is 16.0 Å². The number of nitrogens with zero attached hydrogens (tertiary/aromatic N) is 4. The molecule has 3 aromatic heterocycles. The van der Waals surface area contributed by atoms with Crippen LogP contribution in [0.2, 0.25) is 0 Å². The number of alkyl halides is 3. The van der Waals surface area contributed by atoms with Crippen molar-refractivity contribution in [1.82, 2.24) is 35.1 Å². The zero-order valence-corrected chi connectivity index (χ0v) is 26.5. The van der Waals surface area contributed by atoms with Crippen LogP contribution in [0.1, 0.15) is 64.2 Å². The van der Waals surface area contributed by atoms with Gasteiger partial charge in [-0.15, -0.1) is 0 Å². The molecule has 48 heavy (non-hydrogen) atoms. The van der Waals surface area contributed by atoms with Gasteiger partial charge in [0.25, 0.3) is 17.7 Å². The van der Waals surface area contributed by atoms with Crippen molar-refractivity contribution in [3.8, 4) is 11.5 Å². The smallest absolute Gasteiger partial charge is 0.265 e. The Labute approximate surface area is 273 Å². The van der Waals surface area contributed by atoms with Crippen LogP contribution in [-0.4, -0.2) is 62.1 Å². The van der Waals surface area contributed by atoms with Crippen molar-refractivity contribution < 1.29 is 27.2 Å². The quantitative estimate of drug-likeness (QED) is 0.218. The molecule has 0 saturated carbocycles. The molecule has 7 rings (SSSR count). The highest BCUT2D eigenvalue weighted by atomic mass is 19.3. The van der Waals surface area contributed by atoms with Crippen LogP contribution in [0.15, 0.2) is 54.6 Å². The van der Waals surface area contributed by atoms with E-state index in [1.807, 2.05) is 0 Å². The van der Waals surface area contributed by atoms with Gasteiger partial charge >= 0.3 is 0 Å². The number of aryl methyl sites for hydroxylation is 2. The number of halogens is 4. The molecule has 9 nitrogen and oxygen atoms in total. The average molecular weight is 662 g/mol. The van der Waals surface area contributed by atoms with Crippen molar-refractivity contribution in [2.75, 3.05) is 13.1 Å². The Morgan fingerprint density at radius 1 is 1.10 bits per heavy atom. The maximum absolute atomic E-state index is 15.8. The molecule has 2 aliphatic heterocycles. The van der Waals surface area contributed by atoms with Gasteiger partial charge in [-0.2, -0.15) is 0 Å². The van der Waals surface area contributed by atoms with Crippen molar-refractivity contribution in [1.29, 1.82) is 0 Å². The third-order valence-electron chi connectivity index (χ3n) is 9.35. The number of carbonyl (C=O) groups is 2. The molecule has 0 spiro atoms. The largest absolute Gasteiger partial charge is 0.345 e. The van der Waals surface area contributed by atoms with Gasteiger partial charge in [-0.05, 0) is 68.6 Å². The lowest BCUT2D eigenvalue weighted by Gasteiger charge is -2.27. The summed E-state index contributed by atoms with van der Waals surface area (Å²) in [5, 5.41) is 9.17. The Kier molecular flexibility index (Phi) is 8.18. The normalized spacial score (nSPS) is 21.5. The van der Waals surface area contributed by atoms with Crippen molar-refractivity contribution >= 4 is 33.9 Å². The van der Waals surface area contributed by atoms with Gasteiger partial charge < -0.3 is 25.1 Å². The van der Waals surface area contributed by atoms with Crippen LogP contribution in [-0.2, 0) is 20.0 Å². The molecule has 1 fully saturated rings. The topological polar surface area (TPSA) is 106 Å². The number of aromatic nitrogens is 4. The fourth-order valence-corrected chi connectivity index (χ4v) is 6.71. The molecule has 3 N–H and O–H groups in total. The second-order valence-electron chi connectivity index (χ2n) is 12.7. The first-order valence-corrected chi connectivity index (χ1v) is 16.1. The maximum atomic E-state index is 15.8. The van der Waals surface area contributed by atoms with Gasteiger partial charge in [0.05, 0.1) is 46.6 Å². The summed E-state index contributed by atoms with van der Waals surface area (Å²) in [6.45, 7) is 1.83. The molecule has 5 heterocycles. The lowest BCUT2D eigenvalue weighted by atomic mass is 9.99. The van der Waals surface area contributed by atoms with Crippen LogP contribution in [0, 0.1) is 5.82 Å². The maximum Gasteiger partial charge on any atom is 0.265 e. The molecule has 0 radical (unpaired) electrons. The fourth-order valence-electron chi connectivity index (χ4n) is 6.71. The first-order chi connectivity index (χ1) is 23.0. The van der Waals surface area contributed by atoms with Crippen LogP contribution >= 0.6 is 0 Å². The molecule has 13 heteroatoms. The molecule has 0 unspecified atom stereocenters. The van der Waals surface area contributed by atoms with Gasteiger partial charge in [-0.3, -0.25) is 9.59 Å². The van der Waals surface area contributed by atoms with Gasteiger partial charge in [-0.1, -0.05) is 18.2 Å². The number of hydrogen-bond donors (Lipinski definition) is 3. The highest BCUT2D eigenvalue weighted by Gasteiger charge is 2.33. The fraction of sp³-hybridized carbons (Fsp3) is 0.371. The summed E-state index contributed by atoms with van der Waals surface area (Å²) in [4.78, 5) is 35.7. The number of rotatable bonds is 3. The Hall–Kier alpha value is -4.78. The third kappa shape index (κ3) is 5.91. The molecular formula is C35H35F4N7O2. The van der Waals surface area contributed by atoms with Crippen molar-refractivity contribution in [2.24, 2.45) is 7.05 Å². The number of hydrogen-bond acceptors (Lipinski definition) is 5. The predicted molar refractivity (Wildman–Crippen MR) is 173 cm³/mol. The van der Waals surface area contributed by atoms with E-state index in [-0.39, 0.29) is 42.2 Å². The minimum absolute atomic E-state index is 0.149. The number of imidazole rings is 1. The summed E-state index contributed by atoms with van der Waals surface area (Å²) in [5.74, 6) is -4.75. The number of pyridine rings is 1. The number of carbonyl (C=O) groups excluding carboxylic acids is 2. The first kappa shape index (κ1) is 31.8. The van der Waals surface area contributed by atoms with Crippen LogP contribution in [0.25, 0.3) is 33.6 Å². The molecule has 0 aliphatic carbocycles. The van der Waals surface area contributed by atoms with Gasteiger partial charge in [0.15, 0.2) is 5.82 Å². The summed E-state index contributed by atoms with van der Waals surface area (Å²) in [7, 11) is 1.64. The Morgan fingerprint density at radius 3 is 2.73 bits per heavy atom. The summed E-state index contributed by atoms with van der Waals surface area (Å²) in [6, 6.07) is 13.4. The highest BCUT2D eigenvalue weighted by molar-refractivity contribution is 5.99. The summed E-state index contributed by atoms with van der Waals surface area (Å²) >= 11 is 0. The van der Waals surface area contributed by atoms with E-state index >= 15 is 13.2 Å². The van der Waals surface area contributed by atoms with Gasteiger partial charge in [0.1, 0.15) is 17.6 Å². The molecule has 250 valence electrons. The van der Waals surface area contributed by atoms with E-state index in [0.717, 1.165) is 0 Å². The lowest BCUT2D eigenvalue weighted by Crippen LogP contribution is -2.52. The van der Waals surface area contributed by atoms with Crippen LogP contribution in [0.4, 0.5) is 17.6 Å². The Balaban J connectivity index is 1.30. The van der Waals surface area contributed by atoms with Crippen molar-refractivity contribution in [3.05, 3.63) is 82.8 Å². The van der Waals surface area contributed by atoms with E-state index in [1.54, 1.807) is 61.0 Å². The Morgan fingerprint density at radius 2 is 1.92 bits per heavy atom. The van der Waals surface area contributed by atoms with Crippen molar-refractivity contribution in [2.45, 2.75) is 63.3 Å². The third-order valence-corrected chi connectivity index (χ3v) is 9.35. The highest BCUT2D eigenvalue weighted by Crippen LogP contribution is 2.35. The lowest BCUT2D eigenvalue weighted by molar-refractivity contribution is -0.0248. The van der Waals surface area contributed by atoms with Crippen LogP contribution in [0.5, 0.6) is 0 Å². The van der Waals surface area contributed by atoms with E-state index in [4.69, 9.17) is 4.98 Å². The number of nitrogens with one attached hydrogen (secondary N) is 3. The van der Waals surface area contributed by atoms with Crippen LogP contribution in [0.3, 0.4) is 0 Å². The zero-order valence-electron chi connectivity index (χ0n) is 26.5. The number of benzene rings is 2. The minimum Gasteiger partial charge on any atom is -0.345 e. The van der Waals surface area contributed by atoms with Gasteiger partial charge in [0, 0.05) is 37.0 Å².